The van der Waals surface area contributed by atoms with Crippen molar-refractivity contribution in [1.82, 2.24) is 4.98 Å². The van der Waals surface area contributed by atoms with Crippen LogP contribution in [0.4, 0.5) is 0 Å². The third-order valence-electron chi connectivity index (χ3n) is 1.59. The predicted molar refractivity (Wildman–Crippen MR) is 59.3 cm³/mol. The molecule has 1 rings (SSSR count). The molecule has 0 unspecified atom stereocenters. The first-order chi connectivity index (χ1) is 5.77. The van der Waals surface area contributed by atoms with Gasteiger partial charge < -0.3 is 15.6 Å². The number of aliphatic hydroxyl groups is 1. The van der Waals surface area contributed by atoms with E-state index in [1.165, 1.54) is 7.11 Å². The van der Waals surface area contributed by atoms with Crippen LogP contribution in [0.1, 0.15) is 11.6 Å². The Hall–Kier alpha value is -0.550. The molecule has 0 aromatic carbocycles. The van der Waals surface area contributed by atoms with Crippen LogP contribution in [0.15, 0.2) is 18.3 Å². The summed E-state index contributed by atoms with van der Waals surface area (Å²) in [5, 5.41) is 8.77. The highest BCUT2D eigenvalue weighted by Gasteiger charge is 2.04. The second kappa shape index (κ2) is 7.82. The van der Waals surface area contributed by atoms with Crippen LogP contribution in [-0.4, -0.2) is 23.8 Å². The second-order valence-corrected chi connectivity index (χ2v) is 2.42. The van der Waals surface area contributed by atoms with Crippen molar-refractivity contribution in [3.05, 3.63) is 23.9 Å². The lowest BCUT2D eigenvalue weighted by atomic mass is 10.1. The van der Waals surface area contributed by atoms with E-state index in [-0.39, 0.29) is 37.5 Å². The minimum atomic E-state index is -0.359. The molecule has 0 fully saturated rings. The lowest BCUT2D eigenvalue weighted by Gasteiger charge is -2.08. The summed E-state index contributed by atoms with van der Waals surface area (Å²) in [6.07, 6.45) is 1.60. The fraction of sp³-hybridized carbons (Fsp3) is 0.375. The summed E-state index contributed by atoms with van der Waals surface area (Å²) in [6, 6.07) is 3.10. The van der Waals surface area contributed by atoms with E-state index in [1.54, 1.807) is 18.3 Å². The molecule has 4 nitrogen and oxygen atoms in total. The zero-order valence-electron chi connectivity index (χ0n) is 7.71. The number of hydrogen-bond acceptors (Lipinski definition) is 4. The first-order valence-corrected chi connectivity index (χ1v) is 3.64. The molecule has 0 aliphatic carbocycles. The molecule has 1 aromatic rings. The van der Waals surface area contributed by atoms with Crippen LogP contribution in [0.3, 0.4) is 0 Å². The van der Waals surface area contributed by atoms with Crippen molar-refractivity contribution in [3.8, 4) is 5.88 Å². The van der Waals surface area contributed by atoms with Gasteiger partial charge in [-0.05, 0) is 11.6 Å². The predicted octanol–water partition coefficient (Wildman–Crippen LogP) is 0.926. The Labute approximate surface area is 95.3 Å². The molecule has 0 saturated carbocycles. The minimum Gasteiger partial charge on any atom is -0.481 e. The zero-order chi connectivity index (χ0) is 8.97. The molecule has 3 N–H and O–H groups in total. The average Bonchev–Trinajstić information content (AvgIpc) is 2.17. The molecule has 0 bridgehead atoms. The summed E-state index contributed by atoms with van der Waals surface area (Å²) in [5.74, 6) is 0.511. The largest absolute Gasteiger partial charge is 0.481 e. The third kappa shape index (κ3) is 4.11. The Morgan fingerprint density at radius 1 is 1.57 bits per heavy atom. The van der Waals surface area contributed by atoms with Crippen LogP contribution in [0.25, 0.3) is 0 Å². The number of nitrogens with two attached hydrogens (primary N) is 1. The molecule has 0 spiro atoms. The molecule has 82 valence electrons. The number of aromatic nitrogens is 1. The van der Waals surface area contributed by atoms with E-state index in [0.717, 1.165) is 5.56 Å². The van der Waals surface area contributed by atoms with E-state index < -0.39 is 0 Å². The SMILES string of the molecule is COc1cc([C@@H](N)CO)ccn1.Cl.Cl. The maximum absolute atomic E-state index is 8.77. The van der Waals surface area contributed by atoms with Gasteiger partial charge >= 0.3 is 0 Å². The Kier molecular flexibility index (Phi) is 8.88. The number of halogens is 2. The van der Waals surface area contributed by atoms with Gasteiger partial charge in [0.1, 0.15) is 0 Å². The number of methoxy groups -OCH3 is 1. The fourth-order valence-corrected chi connectivity index (χ4v) is 0.872. The summed E-state index contributed by atoms with van der Waals surface area (Å²) < 4.78 is 4.90. The van der Waals surface area contributed by atoms with E-state index in [0.29, 0.717) is 5.88 Å². The molecular formula is C8H14Cl2N2O2. The smallest absolute Gasteiger partial charge is 0.213 e. The number of aliphatic hydroxyl groups excluding tert-OH is 1. The van der Waals surface area contributed by atoms with E-state index in [9.17, 15) is 0 Å². The third-order valence-corrected chi connectivity index (χ3v) is 1.59. The Bertz CT molecular complexity index is 261. The molecule has 0 aliphatic heterocycles. The van der Waals surface area contributed by atoms with Gasteiger partial charge in [-0.3, -0.25) is 0 Å². The number of rotatable bonds is 3. The molecule has 6 heteroatoms. The number of ether oxygens (including phenoxy) is 1. The van der Waals surface area contributed by atoms with Gasteiger partial charge in [0.2, 0.25) is 5.88 Å². The summed E-state index contributed by atoms with van der Waals surface area (Å²) >= 11 is 0. The maximum atomic E-state index is 8.77. The Morgan fingerprint density at radius 2 is 2.21 bits per heavy atom. The van der Waals surface area contributed by atoms with Gasteiger partial charge in [-0.2, -0.15) is 0 Å². The summed E-state index contributed by atoms with van der Waals surface area (Å²) in [4.78, 5) is 3.92. The van der Waals surface area contributed by atoms with Crippen molar-refractivity contribution >= 4 is 24.8 Å². The van der Waals surface area contributed by atoms with Gasteiger partial charge in [-0.1, -0.05) is 0 Å². The first kappa shape index (κ1) is 15.9. The van der Waals surface area contributed by atoms with E-state index in [4.69, 9.17) is 15.6 Å². The molecule has 14 heavy (non-hydrogen) atoms. The Morgan fingerprint density at radius 3 is 2.71 bits per heavy atom. The molecule has 1 aromatic heterocycles. The van der Waals surface area contributed by atoms with Gasteiger partial charge in [0.05, 0.1) is 19.8 Å². The molecule has 0 aliphatic rings. The van der Waals surface area contributed by atoms with Gasteiger partial charge in [0, 0.05) is 12.3 Å². The fourth-order valence-electron chi connectivity index (χ4n) is 0.872. The Balaban J connectivity index is 0. The van der Waals surface area contributed by atoms with Crippen LogP contribution >= 0.6 is 24.8 Å². The van der Waals surface area contributed by atoms with Crippen LogP contribution in [0, 0.1) is 0 Å². The van der Waals surface area contributed by atoms with E-state index >= 15 is 0 Å². The molecule has 0 radical (unpaired) electrons. The van der Waals surface area contributed by atoms with Crippen molar-refractivity contribution in [2.75, 3.05) is 13.7 Å². The molecule has 0 saturated heterocycles. The number of pyridine rings is 1. The standard InChI is InChI=1S/C8H12N2O2.2ClH/c1-12-8-4-6(2-3-10-8)7(9)5-11;;/h2-4,7,11H,5,9H2,1H3;2*1H/t7-;;/m0../s1. The van der Waals surface area contributed by atoms with Crippen molar-refractivity contribution in [2.24, 2.45) is 5.73 Å². The molecular weight excluding hydrogens is 227 g/mol. The monoisotopic (exact) mass is 240 g/mol. The van der Waals surface area contributed by atoms with Gasteiger partial charge in [-0.15, -0.1) is 24.8 Å². The summed E-state index contributed by atoms with van der Waals surface area (Å²) in [7, 11) is 1.54. The van der Waals surface area contributed by atoms with Crippen molar-refractivity contribution in [1.29, 1.82) is 0 Å². The quantitative estimate of drug-likeness (QED) is 0.825. The second-order valence-electron chi connectivity index (χ2n) is 2.42. The van der Waals surface area contributed by atoms with Crippen LogP contribution in [-0.2, 0) is 0 Å². The average molecular weight is 241 g/mol. The lowest BCUT2D eigenvalue weighted by Crippen LogP contribution is -2.14. The van der Waals surface area contributed by atoms with Crippen LogP contribution in [0.5, 0.6) is 5.88 Å². The topological polar surface area (TPSA) is 68.4 Å². The highest BCUT2D eigenvalue weighted by molar-refractivity contribution is 5.85. The lowest BCUT2D eigenvalue weighted by molar-refractivity contribution is 0.267. The molecule has 1 heterocycles. The van der Waals surface area contributed by atoms with Crippen LogP contribution < -0.4 is 10.5 Å². The maximum Gasteiger partial charge on any atom is 0.213 e. The zero-order valence-corrected chi connectivity index (χ0v) is 9.35. The van der Waals surface area contributed by atoms with E-state index in [2.05, 4.69) is 4.98 Å². The van der Waals surface area contributed by atoms with Gasteiger partial charge in [-0.25, -0.2) is 4.98 Å². The van der Waals surface area contributed by atoms with E-state index in [1.807, 2.05) is 0 Å². The highest BCUT2D eigenvalue weighted by Crippen LogP contribution is 2.13. The molecule has 1 atom stereocenters. The minimum absolute atomic E-state index is 0. The van der Waals surface area contributed by atoms with Gasteiger partial charge in [0.25, 0.3) is 0 Å². The number of hydrogen-bond donors (Lipinski definition) is 2. The normalized spacial score (nSPS) is 10.8. The molecule has 0 amide bonds. The first-order valence-electron chi connectivity index (χ1n) is 3.64. The number of nitrogens with zero attached hydrogens (tertiary/aromatic N) is 1. The van der Waals surface area contributed by atoms with Gasteiger partial charge in [0.15, 0.2) is 0 Å². The van der Waals surface area contributed by atoms with Crippen molar-refractivity contribution in [2.45, 2.75) is 6.04 Å². The summed E-state index contributed by atoms with van der Waals surface area (Å²) in [5.41, 5.74) is 6.41. The van der Waals surface area contributed by atoms with Crippen molar-refractivity contribution in [3.63, 3.8) is 0 Å². The van der Waals surface area contributed by atoms with Crippen LogP contribution in [0.2, 0.25) is 0 Å². The van der Waals surface area contributed by atoms with Crippen molar-refractivity contribution < 1.29 is 9.84 Å². The summed E-state index contributed by atoms with van der Waals surface area (Å²) in [6.45, 7) is -0.0762. The highest BCUT2D eigenvalue weighted by atomic mass is 35.5.